The maximum absolute atomic E-state index is 12.4. The first-order valence-electron chi connectivity index (χ1n) is 2.67. The molecule has 0 aromatic heterocycles. The third-order valence-corrected chi connectivity index (χ3v) is 1.22. The molecule has 0 aromatic rings. The molecule has 0 amide bonds. The molecule has 0 saturated heterocycles. The lowest BCUT2D eigenvalue weighted by molar-refractivity contribution is 0.368. The van der Waals surface area contributed by atoms with Gasteiger partial charge < -0.3 is 5.73 Å². The average Bonchev–Trinajstić information content (AvgIpc) is 1.83. The van der Waals surface area contributed by atoms with E-state index in [1.165, 1.54) is 12.2 Å². The molecule has 9 heavy (non-hydrogen) atoms. The van der Waals surface area contributed by atoms with Crippen molar-refractivity contribution in [2.45, 2.75) is 12.6 Å². The molecule has 0 bridgehead atoms. The van der Waals surface area contributed by atoms with Gasteiger partial charge in [-0.15, -0.1) is 0 Å². The first kappa shape index (κ1) is 6.26. The number of rotatable bonds is 0. The predicted octanol–water partition coefficient (Wildman–Crippen LogP) is 1.42. The number of halogens is 2. The highest BCUT2D eigenvalue weighted by atomic mass is 19.1. The Bertz CT molecular complexity index is 172. The highest BCUT2D eigenvalue weighted by molar-refractivity contribution is 5.25. The van der Waals surface area contributed by atoms with E-state index < -0.39 is 12.0 Å². The molecule has 1 nitrogen and oxygen atoms in total. The van der Waals surface area contributed by atoms with Gasteiger partial charge in [0.2, 0.25) is 0 Å². The van der Waals surface area contributed by atoms with Crippen LogP contribution in [0.25, 0.3) is 0 Å². The summed E-state index contributed by atoms with van der Waals surface area (Å²) in [6.07, 6.45) is 1.48. The fourth-order valence-corrected chi connectivity index (χ4v) is 0.664. The van der Waals surface area contributed by atoms with Crippen molar-refractivity contribution in [2.24, 2.45) is 5.73 Å². The van der Waals surface area contributed by atoms with Gasteiger partial charge >= 0.3 is 0 Å². The Balaban J connectivity index is 2.83. The molecule has 0 heterocycles. The van der Waals surface area contributed by atoms with E-state index >= 15 is 0 Å². The van der Waals surface area contributed by atoms with E-state index in [1.807, 2.05) is 0 Å². The Morgan fingerprint density at radius 1 is 1.67 bits per heavy atom. The Hall–Kier alpha value is -0.860. The topological polar surface area (TPSA) is 26.0 Å². The van der Waals surface area contributed by atoms with Gasteiger partial charge in [0.25, 0.3) is 0 Å². The van der Waals surface area contributed by atoms with Crippen LogP contribution in [0.15, 0.2) is 23.7 Å². The minimum Gasteiger partial charge on any atom is -0.397 e. The number of allylic oxidation sites excluding steroid dienone is 4. The third kappa shape index (κ3) is 1.09. The third-order valence-electron chi connectivity index (χ3n) is 1.22. The van der Waals surface area contributed by atoms with Crippen LogP contribution in [0.2, 0.25) is 0 Å². The second-order valence-corrected chi connectivity index (χ2v) is 1.91. The summed E-state index contributed by atoms with van der Waals surface area (Å²) < 4.78 is 24.6. The summed E-state index contributed by atoms with van der Waals surface area (Å²) in [4.78, 5) is 0. The lowest BCUT2D eigenvalue weighted by atomic mass is 10.1. The van der Waals surface area contributed by atoms with Crippen LogP contribution in [0, 0.1) is 0 Å². The van der Waals surface area contributed by atoms with Crippen LogP contribution in [0.4, 0.5) is 8.78 Å². The van der Waals surface area contributed by atoms with Crippen molar-refractivity contribution < 1.29 is 8.78 Å². The zero-order chi connectivity index (χ0) is 6.85. The Morgan fingerprint density at radius 3 is 2.78 bits per heavy atom. The predicted molar refractivity (Wildman–Crippen MR) is 31.0 cm³/mol. The smallest absolute Gasteiger partial charge is 0.146 e. The normalized spacial score (nSPS) is 27.1. The molecular formula is C6H7F2N. The molecule has 1 rings (SSSR count). The molecule has 0 aromatic carbocycles. The van der Waals surface area contributed by atoms with E-state index in [0.717, 1.165) is 0 Å². The molecule has 1 aliphatic rings. The molecule has 0 aliphatic heterocycles. The number of alkyl halides is 1. The second kappa shape index (κ2) is 2.17. The van der Waals surface area contributed by atoms with Crippen molar-refractivity contribution in [1.29, 1.82) is 0 Å². The van der Waals surface area contributed by atoms with Crippen molar-refractivity contribution in [3.63, 3.8) is 0 Å². The standard InChI is InChI=1S/C6H7F2N/c7-4-2-1-3-5(8)6(4)9/h1-2,5H,3,9H2. The van der Waals surface area contributed by atoms with Crippen LogP contribution in [-0.2, 0) is 0 Å². The van der Waals surface area contributed by atoms with Gasteiger partial charge in [0.1, 0.15) is 12.0 Å². The maximum Gasteiger partial charge on any atom is 0.146 e. The van der Waals surface area contributed by atoms with Crippen LogP contribution in [0.3, 0.4) is 0 Å². The van der Waals surface area contributed by atoms with Crippen LogP contribution in [0.5, 0.6) is 0 Å². The molecule has 0 fully saturated rings. The molecule has 2 N–H and O–H groups in total. The Kier molecular flexibility index (Phi) is 1.51. The lowest BCUT2D eigenvalue weighted by Gasteiger charge is -2.09. The quantitative estimate of drug-likeness (QED) is 0.528. The van der Waals surface area contributed by atoms with E-state index in [0.29, 0.717) is 0 Å². The highest BCUT2D eigenvalue weighted by Crippen LogP contribution is 2.18. The summed E-state index contributed by atoms with van der Waals surface area (Å²) in [5.74, 6) is -0.645. The molecule has 50 valence electrons. The molecule has 0 radical (unpaired) electrons. The van der Waals surface area contributed by atoms with Gasteiger partial charge in [-0.05, 0) is 6.08 Å². The molecule has 0 saturated carbocycles. The van der Waals surface area contributed by atoms with Crippen LogP contribution < -0.4 is 5.73 Å². The van der Waals surface area contributed by atoms with E-state index in [-0.39, 0.29) is 12.1 Å². The molecule has 1 aliphatic carbocycles. The number of hydrogen-bond acceptors (Lipinski definition) is 1. The summed E-state index contributed by atoms with van der Waals surface area (Å²) in [5, 5.41) is 0. The summed E-state index contributed by atoms with van der Waals surface area (Å²) in [7, 11) is 0. The van der Waals surface area contributed by atoms with Crippen molar-refractivity contribution >= 4 is 0 Å². The molecule has 1 unspecified atom stereocenters. The van der Waals surface area contributed by atoms with Crippen molar-refractivity contribution in [3.05, 3.63) is 23.7 Å². The van der Waals surface area contributed by atoms with Crippen LogP contribution >= 0.6 is 0 Å². The van der Waals surface area contributed by atoms with E-state index in [2.05, 4.69) is 0 Å². The molecule has 3 heteroatoms. The van der Waals surface area contributed by atoms with Gasteiger partial charge in [-0.3, -0.25) is 0 Å². The summed E-state index contributed by atoms with van der Waals surface area (Å²) >= 11 is 0. The first-order chi connectivity index (χ1) is 4.22. The monoisotopic (exact) mass is 131 g/mol. The molecule has 0 spiro atoms. The Labute approximate surface area is 51.8 Å². The fourth-order valence-electron chi connectivity index (χ4n) is 0.664. The zero-order valence-electron chi connectivity index (χ0n) is 4.77. The van der Waals surface area contributed by atoms with E-state index in [4.69, 9.17) is 5.73 Å². The van der Waals surface area contributed by atoms with Gasteiger partial charge in [-0.25, -0.2) is 8.78 Å². The van der Waals surface area contributed by atoms with Crippen molar-refractivity contribution in [1.82, 2.24) is 0 Å². The van der Waals surface area contributed by atoms with Gasteiger partial charge in [-0.2, -0.15) is 0 Å². The Morgan fingerprint density at radius 2 is 2.33 bits per heavy atom. The fraction of sp³-hybridized carbons (Fsp3) is 0.333. The van der Waals surface area contributed by atoms with Crippen LogP contribution in [0.1, 0.15) is 6.42 Å². The number of nitrogens with two attached hydrogens (primary N) is 1. The highest BCUT2D eigenvalue weighted by Gasteiger charge is 2.15. The SMILES string of the molecule is NC1=C(F)C=CCC1F. The lowest BCUT2D eigenvalue weighted by Crippen LogP contribution is -2.15. The van der Waals surface area contributed by atoms with E-state index in [9.17, 15) is 8.78 Å². The average molecular weight is 131 g/mol. The minimum atomic E-state index is -1.32. The zero-order valence-corrected chi connectivity index (χ0v) is 4.77. The summed E-state index contributed by atoms with van der Waals surface area (Å²) in [5.41, 5.74) is 4.72. The van der Waals surface area contributed by atoms with Gasteiger partial charge in [0, 0.05) is 6.42 Å². The first-order valence-corrected chi connectivity index (χ1v) is 2.67. The van der Waals surface area contributed by atoms with Gasteiger partial charge in [-0.1, -0.05) is 6.08 Å². The van der Waals surface area contributed by atoms with Gasteiger partial charge in [0.05, 0.1) is 5.70 Å². The minimum absolute atomic E-state index is 0.194. The number of hydrogen-bond donors (Lipinski definition) is 1. The summed E-state index contributed by atoms with van der Waals surface area (Å²) in [6, 6.07) is 0. The van der Waals surface area contributed by atoms with E-state index in [1.54, 1.807) is 0 Å². The van der Waals surface area contributed by atoms with Crippen molar-refractivity contribution in [2.75, 3.05) is 0 Å². The molecular weight excluding hydrogens is 124 g/mol. The molecule has 1 atom stereocenters. The summed E-state index contributed by atoms with van der Waals surface area (Å²) in [6.45, 7) is 0. The maximum atomic E-state index is 12.4. The second-order valence-electron chi connectivity index (χ2n) is 1.91. The van der Waals surface area contributed by atoms with Gasteiger partial charge in [0.15, 0.2) is 0 Å². The van der Waals surface area contributed by atoms with Crippen LogP contribution in [-0.4, -0.2) is 6.17 Å². The van der Waals surface area contributed by atoms with Crippen molar-refractivity contribution in [3.8, 4) is 0 Å². The largest absolute Gasteiger partial charge is 0.397 e.